The lowest BCUT2D eigenvalue weighted by molar-refractivity contribution is 0.103. The van der Waals surface area contributed by atoms with Crippen molar-refractivity contribution >= 4 is 23.7 Å². The number of hydrogen-bond acceptors (Lipinski definition) is 8. The summed E-state index contributed by atoms with van der Waals surface area (Å²) in [6.07, 6.45) is 6.33. The minimum atomic E-state index is -0.362. The van der Waals surface area contributed by atoms with Gasteiger partial charge in [0.1, 0.15) is 34.5 Å². The summed E-state index contributed by atoms with van der Waals surface area (Å²) in [4.78, 5) is 25.1. The molecule has 0 aliphatic carbocycles. The zero-order valence-electron chi connectivity index (χ0n) is 36.8. The molecule has 0 amide bonds. The lowest BCUT2D eigenvalue weighted by atomic mass is 9.77. The van der Waals surface area contributed by atoms with E-state index < -0.39 is 0 Å². The number of hydrogen-bond donors (Lipinski definition) is 4. The number of benzene rings is 4. The first-order valence-corrected chi connectivity index (χ1v) is 20.0. The van der Waals surface area contributed by atoms with E-state index in [0.29, 0.717) is 22.6 Å². The van der Waals surface area contributed by atoms with E-state index in [2.05, 4.69) is 0 Å². The van der Waals surface area contributed by atoms with E-state index in [4.69, 9.17) is 9.47 Å². The fraction of sp³-hybridized carbons (Fsp3) is 0.400. The lowest BCUT2D eigenvalue weighted by Gasteiger charge is -2.31. The molecule has 0 saturated carbocycles. The fourth-order valence-corrected chi connectivity index (χ4v) is 6.39. The Hall–Kier alpha value is -5.50. The van der Waals surface area contributed by atoms with Crippen molar-refractivity contribution < 1.29 is 39.5 Å². The normalized spacial score (nSPS) is 12.2. The monoisotopic (exact) mass is 792 g/mol. The number of aromatic hydroxyl groups is 4. The average molecular weight is 793 g/mol. The van der Waals surface area contributed by atoms with E-state index in [1.165, 1.54) is 36.4 Å². The second-order valence-corrected chi connectivity index (χ2v) is 17.8. The number of carbonyl (C=O) groups excluding carboxylic acids is 2. The summed E-state index contributed by atoms with van der Waals surface area (Å²) in [5.74, 6) is 1.81. The third kappa shape index (κ3) is 12.3. The van der Waals surface area contributed by atoms with E-state index in [0.717, 1.165) is 33.4 Å². The van der Waals surface area contributed by atoms with Crippen molar-refractivity contribution in [3.63, 3.8) is 0 Å². The van der Waals surface area contributed by atoms with E-state index >= 15 is 0 Å². The zero-order valence-corrected chi connectivity index (χ0v) is 36.8. The number of carbonyl (C=O) groups is 2. The highest BCUT2D eigenvalue weighted by Gasteiger charge is 2.31. The Morgan fingerprint density at radius 3 is 1.33 bits per heavy atom. The second kappa shape index (κ2) is 19.3. The summed E-state index contributed by atoms with van der Waals surface area (Å²) in [6, 6.07) is 16.1. The maximum Gasteiger partial charge on any atom is 0.185 e. The number of phenols is 4. The Kier molecular flexibility index (Phi) is 15.6. The van der Waals surface area contributed by atoms with E-state index in [1.54, 1.807) is 36.4 Å². The van der Waals surface area contributed by atoms with Gasteiger partial charge in [0.15, 0.2) is 11.6 Å². The van der Waals surface area contributed by atoms with Crippen molar-refractivity contribution in [1.29, 1.82) is 0 Å². The van der Waals surface area contributed by atoms with Crippen LogP contribution in [-0.2, 0) is 10.8 Å². The molecule has 0 spiro atoms. The molecule has 0 saturated heterocycles. The fourth-order valence-electron chi connectivity index (χ4n) is 6.39. The first-order chi connectivity index (χ1) is 26.8. The molecule has 4 rings (SSSR count). The van der Waals surface area contributed by atoms with Crippen molar-refractivity contribution in [1.82, 2.24) is 0 Å². The van der Waals surface area contributed by atoms with Gasteiger partial charge in [-0.15, -0.1) is 0 Å². The van der Waals surface area contributed by atoms with Crippen LogP contribution in [0, 0.1) is 0 Å². The van der Waals surface area contributed by atoms with Crippen LogP contribution in [0.25, 0.3) is 12.2 Å². The Labute approximate surface area is 345 Å². The predicted molar refractivity (Wildman–Crippen MR) is 236 cm³/mol. The van der Waals surface area contributed by atoms with Gasteiger partial charge in [0.25, 0.3) is 0 Å². The Morgan fingerprint density at radius 2 is 0.966 bits per heavy atom. The minimum absolute atomic E-state index is 0.0624. The zero-order chi connectivity index (χ0) is 43.9. The van der Waals surface area contributed by atoms with Crippen LogP contribution in [0.4, 0.5) is 0 Å². The third-order valence-electron chi connectivity index (χ3n) is 9.22. The highest BCUT2D eigenvalue weighted by molar-refractivity contribution is 6.07. The molecule has 0 heterocycles. The van der Waals surface area contributed by atoms with Crippen molar-refractivity contribution in [3.05, 3.63) is 117 Å². The molecule has 0 unspecified atom stereocenters. The van der Waals surface area contributed by atoms with Crippen LogP contribution in [0.3, 0.4) is 0 Å². The molecule has 4 aromatic rings. The quantitative estimate of drug-likeness (QED) is 0.0823. The molecule has 0 radical (unpaired) electrons. The van der Waals surface area contributed by atoms with Crippen LogP contribution in [0.1, 0.15) is 163 Å². The van der Waals surface area contributed by atoms with Gasteiger partial charge < -0.3 is 29.9 Å². The highest BCUT2D eigenvalue weighted by Crippen LogP contribution is 2.47. The predicted octanol–water partition coefficient (Wildman–Crippen LogP) is 12.4. The van der Waals surface area contributed by atoms with Gasteiger partial charge in [0.2, 0.25) is 0 Å². The molecule has 0 aliphatic rings. The first kappa shape index (κ1) is 46.9. The van der Waals surface area contributed by atoms with Crippen molar-refractivity contribution in [2.45, 2.75) is 132 Å². The third-order valence-corrected chi connectivity index (χ3v) is 9.22. The molecule has 312 valence electrons. The molecule has 0 aliphatic heterocycles. The van der Waals surface area contributed by atoms with Crippen LogP contribution in [-0.4, -0.2) is 44.2 Å². The van der Waals surface area contributed by atoms with Gasteiger partial charge in [-0.25, -0.2) is 0 Å². The smallest absolute Gasteiger partial charge is 0.185 e. The van der Waals surface area contributed by atoms with Gasteiger partial charge in [-0.05, 0) is 141 Å². The average Bonchev–Trinajstić information content (AvgIpc) is 3.09. The van der Waals surface area contributed by atoms with Crippen LogP contribution in [0.15, 0.2) is 72.8 Å². The van der Waals surface area contributed by atoms with Crippen molar-refractivity contribution in [2.75, 3.05) is 0 Å². The molecular formula is C50H64O8. The maximum atomic E-state index is 12.6. The Bertz CT molecular complexity index is 2100. The van der Waals surface area contributed by atoms with Gasteiger partial charge in [-0.1, -0.05) is 69.2 Å². The van der Waals surface area contributed by atoms with E-state index in [1.807, 2.05) is 109 Å². The molecule has 0 fully saturated rings. The Morgan fingerprint density at radius 1 is 0.552 bits per heavy atom. The van der Waals surface area contributed by atoms with E-state index in [-0.39, 0.29) is 69.4 Å². The van der Waals surface area contributed by atoms with Gasteiger partial charge in [-0.2, -0.15) is 0 Å². The molecular weight excluding hydrogens is 729 g/mol. The van der Waals surface area contributed by atoms with Gasteiger partial charge >= 0.3 is 0 Å². The highest BCUT2D eigenvalue weighted by atomic mass is 16.5. The maximum absolute atomic E-state index is 12.6. The van der Waals surface area contributed by atoms with Crippen LogP contribution in [0.2, 0.25) is 0 Å². The first-order valence-electron chi connectivity index (χ1n) is 20.0. The summed E-state index contributed by atoms with van der Waals surface area (Å²) < 4.78 is 12.2. The molecule has 0 bridgehead atoms. The van der Waals surface area contributed by atoms with Gasteiger partial charge in [0.05, 0.1) is 12.2 Å². The van der Waals surface area contributed by atoms with Crippen molar-refractivity contribution in [3.8, 4) is 34.5 Å². The van der Waals surface area contributed by atoms with Crippen molar-refractivity contribution in [2.24, 2.45) is 0 Å². The Balaban J connectivity index is 0.000000311. The number of ether oxygens (including phenoxy) is 2. The van der Waals surface area contributed by atoms with Gasteiger partial charge in [0, 0.05) is 38.9 Å². The summed E-state index contributed by atoms with van der Waals surface area (Å²) in [5.41, 5.74) is 4.99. The van der Waals surface area contributed by atoms with E-state index in [9.17, 15) is 30.0 Å². The topological polar surface area (TPSA) is 134 Å². The van der Waals surface area contributed by atoms with Crippen LogP contribution < -0.4 is 9.47 Å². The molecule has 8 nitrogen and oxygen atoms in total. The molecule has 4 aromatic carbocycles. The largest absolute Gasteiger partial charge is 0.508 e. The number of rotatable bonds is 12. The molecule has 0 aromatic heterocycles. The summed E-state index contributed by atoms with van der Waals surface area (Å²) in [5, 5.41) is 40.8. The van der Waals surface area contributed by atoms with Crippen LogP contribution in [0.5, 0.6) is 34.5 Å². The second-order valence-electron chi connectivity index (χ2n) is 17.8. The lowest BCUT2D eigenvalue weighted by Crippen LogP contribution is -2.21. The summed E-state index contributed by atoms with van der Waals surface area (Å²) in [7, 11) is 0. The number of allylic oxidation sites excluding steroid dienone is 2. The summed E-state index contributed by atoms with van der Waals surface area (Å²) in [6.45, 7) is 28.1. The molecule has 58 heavy (non-hydrogen) atoms. The molecule has 0 atom stereocenters. The summed E-state index contributed by atoms with van der Waals surface area (Å²) >= 11 is 0. The van der Waals surface area contributed by atoms with Crippen LogP contribution >= 0.6 is 0 Å². The SMILES string of the molecule is CC(C)Oc1c(C=CC(=O)c2ccc(O)cc2)cc(C(C)(C)C)c(O)c1C(C)(C)C.CC(C)Oc1c(C=CC(=O)c2ccc(O)cc2)cc(C(C)C)c(O)c1C(C)C. The van der Waals surface area contributed by atoms with Gasteiger partial charge in [-0.3, -0.25) is 9.59 Å². The molecule has 8 heteroatoms. The minimum Gasteiger partial charge on any atom is -0.508 e. The standard InChI is InChI=1S/C26H34O4.C24H30O4/c1-16(2)30-24-18(11-14-21(28)17-9-12-19(27)13-10-17)15-20(25(3,4)5)23(29)22(24)26(6,7)8;1-14(2)20-13-18(9-12-21(26)17-7-10-19(25)11-8-17)24(28-16(5)6)22(15(3)4)23(20)27/h9-16,27,29H,1-8H3;7-16,25,27H,1-6H3. The number of ketones is 2. The molecule has 4 N–H and O–H groups in total. The number of phenolic OH excluding ortho intramolecular Hbond substituents is 4.